The summed E-state index contributed by atoms with van der Waals surface area (Å²) in [6.07, 6.45) is 4.12. The standard InChI is InChI=1S/C10H13N2O2/c1-2-3-8-14-12(9-13)10-6-4-5-7-11-10/h4-5,7,9H,2-3,8H2,1H3. The summed E-state index contributed by atoms with van der Waals surface area (Å²) in [5.74, 6) is 0.388. The van der Waals surface area contributed by atoms with Crippen LogP contribution >= 0.6 is 0 Å². The van der Waals surface area contributed by atoms with Crippen LogP contribution in [-0.2, 0) is 9.63 Å². The molecule has 4 nitrogen and oxygen atoms in total. The number of anilines is 1. The molecular formula is C10H13N2O2. The molecule has 14 heavy (non-hydrogen) atoms. The second-order valence-corrected chi connectivity index (χ2v) is 2.72. The SMILES string of the molecule is CCCCON(C=O)c1[c]cccn1. The lowest BCUT2D eigenvalue weighted by molar-refractivity contribution is -0.114. The molecule has 4 heteroatoms. The van der Waals surface area contributed by atoms with Crippen molar-refractivity contribution in [2.45, 2.75) is 19.8 Å². The number of aromatic nitrogens is 1. The van der Waals surface area contributed by atoms with Crippen LogP contribution in [0, 0.1) is 6.07 Å². The van der Waals surface area contributed by atoms with E-state index in [1.807, 2.05) is 0 Å². The number of carbonyl (C=O) groups is 1. The van der Waals surface area contributed by atoms with Gasteiger partial charge in [0, 0.05) is 12.3 Å². The largest absolute Gasteiger partial charge is 0.276 e. The van der Waals surface area contributed by atoms with Crippen molar-refractivity contribution < 1.29 is 9.63 Å². The summed E-state index contributed by atoms with van der Waals surface area (Å²) in [5.41, 5.74) is 0. The third-order valence-corrected chi connectivity index (χ3v) is 1.62. The lowest BCUT2D eigenvalue weighted by Crippen LogP contribution is -2.23. The van der Waals surface area contributed by atoms with Crippen molar-refractivity contribution in [2.75, 3.05) is 11.7 Å². The molecule has 0 N–H and O–H groups in total. The van der Waals surface area contributed by atoms with E-state index in [1.54, 1.807) is 18.3 Å². The highest BCUT2D eigenvalue weighted by molar-refractivity contribution is 5.69. The molecule has 1 amide bonds. The molecule has 0 saturated heterocycles. The first kappa shape index (κ1) is 10.7. The fourth-order valence-corrected chi connectivity index (χ4v) is 0.886. The predicted molar refractivity (Wildman–Crippen MR) is 52.5 cm³/mol. The topological polar surface area (TPSA) is 42.4 Å². The zero-order chi connectivity index (χ0) is 10.2. The summed E-state index contributed by atoms with van der Waals surface area (Å²) in [6, 6.07) is 6.22. The molecule has 1 heterocycles. The normalized spacial score (nSPS) is 9.79. The Morgan fingerprint density at radius 1 is 1.71 bits per heavy atom. The number of hydrogen-bond acceptors (Lipinski definition) is 3. The summed E-state index contributed by atoms with van der Waals surface area (Å²) < 4.78 is 0. The van der Waals surface area contributed by atoms with Crippen molar-refractivity contribution in [1.29, 1.82) is 0 Å². The zero-order valence-corrected chi connectivity index (χ0v) is 8.14. The third kappa shape index (κ3) is 3.14. The van der Waals surface area contributed by atoms with Crippen LogP contribution in [-0.4, -0.2) is 18.0 Å². The van der Waals surface area contributed by atoms with E-state index in [1.165, 1.54) is 0 Å². The molecule has 0 saturated carbocycles. The van der Waals surface area contributed by atoms with Crippen LogP contribution in [0.4, 0.5) is 5.82 Å². The fourth-order valence-electron chi connectivity index (χ4n) is 0.886. The van der Waals surface area contributed by atoms with Crippen molar-refractivity contribution >= 4 is 12.2 Å². The van der Waals surface area contributed by atoms with Crippen molar-refractivity contribution in [3.63, 3.8) is 0 Å². The molecule has 0 aliphatic heterocycles. The van der Waals surface area contributed by atoms with Crippen LogP contribution in [0.2, 0.25) is 0 Å². The van der Waals surface area contributed by atoms with Gasteiger partial charge in [-0.3, -0.25) is 9.63 Å². The van der Waals surface area contributed by atoms with E-state index in [9.17, 15) is 4.79 Å². The molecule has 0 bridgehead atoms. The fraction of sp³-hybridized carbons (Fsp3) is 0.400. The predicted octanol–water partition coefficient (Wildman–Crippen LogP) is 1.58. The van der Waals surface area contributed by atoms with Crippen LogP contribution < -0.4 is 5.06 Å². The molecule has 0 aliphatic carbocycles. The van der Waals surface area contributed by atoms with E-state index in [0.29, 0.717) is 18.8 Å². The minimum atomic E-state index is 0.388. The maximum absolute atomic E-state index is 10.6. The summed E-state index contributed by atoms with van der Waals surface area (Å²) in [6.45, 7) is 2.57. The van der Waals surface area contributed by atoms with Gasteiger partial charge in [-0.05, 0) is 18.6 Å². The van der Waals surface area contributed by atoms with Gasteiger partial charge in [-0.1, -0.05) is 13.3 Å². The Labute approximate surface area is 83.5 Å². The number of hydrogen-bond donors (Lipinski definition) is 0. The van der Waals surface area contributed by atoms with Gasteiger partial charge in [0.05, 0.1) is 6.61 Å². The molecule has 0 atom stereocenters. The number of hydroxylamine groups is 1. The second-order valence-electron chi connectivity index (χ2n) is 2.72. The Balaban J connectivity index is 2.50. The first-order valence-corrected chi connectivity index (χ1v) is 4.58. The van der Waals surface area contributed by atoms with Gasteiger partial charge in [0.2, 0.25) is 6.41 Å². The first-order valence-electron chi connectivity index (χ1n) is 4.58. The average molecular weight is 193 g/mol. The molecule has 0 aromatic carbocycles. The van der Waals surface area contributed by atoms with E-state index >= 15 is 0 Å². The summed E-state index contributed by atoms with van der Waals surface area (Å²) in [7, 11) is 0. The number of nitrogens with zero attached hydrogens (tertiary/aromatic N) is 2. The third-order valence-electron chi connectivity index (χ3n) is 1.62. The summed E-state index contributed by atoms with van der Waals surface area (Å²) in [4.78, 5) is 19.8. The maximum Gasteiger partial charge on any atom is 0.239 e. The Hall–Kier alpha value is -1.42. The highest BCUT2D eigenvalue weighted by atomic mass is 16.7. The van der Waals surface area contributed by atoms with E-state index in [4.69, 9.17) is 4.84 Å². The Morgan fingerprint density at radius 3 is 3.14 bits per heavy atom. The molecule has 1 aromatic rings. The molecule has 0 fully saturated rings. The first-order chi connectivity index (χ1) is 6.88. The summed E-state index contributed by atoms with van der Waals surface area (Å²) in [5, 5.41) is 1.09. The minimum Gasteiger partial charge on any atom is -0.276 e. The van der Waals surface area contributed by atoms with Crippen molar-refractivity contribution in [3.8, 4) is 0 Å². The maximum atomic E-state index is 10.6. The van der Waals surface area contributed by atoms with Gasteiger partial charge >= 0.3 is 0 Å². The zero-order valence-electron chi connectivity index (χ0n) is 8.14. The molecule has 1 aromatic heterocycles. The van der Waals surface area contributed by atoms with E-state index < -0.39 is 0 Å². The smallest absolute Gasteiger partial charge is 0.239 e. The molecule has 0 unspecified atom stereocenters. The second kappa shape index (κ2) is 6.10. The van der Waals surface area contributed by atoms with E-state index in [-0.39, 0.29) is 0 Å². The molecular weight excluding hydrogens is 180 g/mol. The number of unbranched alkanes of at least 4 members (excludes halogenated alkanes) is 1. The van der Waals surface area contributed by atoms with Crippen molar-refractivity contribution in [1.82, 2.24) is 4.98 Å². The van der Waals surface area contributed by atoms with Gasteiger partial charge in [-0.15, -0.1) is 0 Å². The molecule has 1 rings (SSSR count). The van der Waals surface area contributed by atoms with Crippen LogP contribution in [0.5, 0.6) is 0 Å². The number of pyridine rings is 1. The Kier molecular flexibility index (Phi) is 4.64. The number of carbonyl (C=O) groups excluding carboxylic acids is 1. The van der Waals surface area contributed by atoms with E-state index in [0.717, 1.165) is 17.9 Å². The number of rotatable bonds is 6. The van der Waals surface area contributed by atoms with Crippen LogP contribution in [0.25, 0.3) is 0 Å². The average Bonchev–Trinajstić information content (AvgIpc) is 2.26. The van der Waals surface area contributed by atoms with Crippen LogP contribution in [0.3, 0.4) is 0 Å². The number of amides is 1. The van der Waals surface area contributed by atoms with Crippen LogP contribution in [0.15, 0.2) is 18.3 Å². The highest BCUT2D eigenvalue weighted by Gasteiger charge is 2.05. The summed E-state index contributed by atoms with van der Waals surface area (Å²) >= 11 is 0. The van der Waals surface area contributed by atoms with Gasteiger partial charge in [-0.2, -0.15) is 5.06 Å². The van der Waals surface area contributed by atoms with Crippen LogP contribution in [0.1, 0.15) is 19.8 Å². The Morgan fingerprint density at radius 2 is 2.57 bits per heavy atom. The van der Waals surface area contributed by atoms with Gasteiger partial charge in [0.1, 0.15) is 0 Å². The molecule has 75 valence electrons. The van der Waals surface area contributed by atoms with Gasteiger partial charge in [0.25, 0.3) is 0 Å². The van der Waals surface area contributed by atoms with Gasteiger partial charge < -0.3 is 0 Å². The quantitative estimate of drug-likeness (QED) is 0.391. The minimum absolute atomic E-state index is 0.388. The molecule has 1 radical (unpaired) electrons. The highest BCUT2D eigenvalue weighted by Crippen LogP contribution is 2.06. The lowest BCUT2D eigenvalue weighted by Gasteiger charge is -2.14. The van der Waals surface area contributed by atoms with Crippen molar-refractivity contribution in [3.05, 3.63) is 24.4 Å². The monoisotopic (exact) mass is 193 g/mol. The molecule has 0 aliphatic rings. The van der Waals surface area contributed by atoms with Crippen molar-refractivity contribution in [2.24, 2.45) is 0 Å². The van der Waals surface area contributed by atoms with E-state index in [2.05, 4.69) is 18.0 Å². The molecule has 0 spiro atoms. The van der Waals surface area contributed by atoms with Gasteiger partial charge in [0.15, 0.2) is 5.82 Å². The van der Waals surface area contributed by atoms with Gasteiger partial charge in [-0.25, -0.2) is 4.98 Å². The Bertz CT molecular complexity index is 264. The lowest BCUT2D eigenvalue weighted by atomic mass is 10.4.